The fourth-order valence-corrected chi connectivity index (χ4v) is 3.01. The molecule has 1 fully saturated rings. The van der Waals surface area contributed by atoms with Crippen molar-refractivity contribution in [2.75, 3.05) is 19.8 Å². The van der Waals surface area contributed by atoms with E-state index in [1.165, 1.54) is 18.4 Å². The topological polar surface area (TPSA) is 30.5 Å². The van der Waals surface area contributed by atoms with Crippen LogP contribution in [-0.2, 0) is 0 Å². The molecule has 0 amide bonds. The molecule has 0 aliphatic carbocycles. The first-order chi connectivity index (χ1) is 8.88. The van der Waals surface area contributed by atoms with Crippen LogP contribution in [0, 0.1) is 0 Å². The predicted octanol–water partition coefficient (Wildman–Crippen LogP) is 2.70. The highest BCUT2D eigenvalue weighted by Crippen LogP contribution is 2.36. The van der Waals surface area contributed by atoms with Crippen molar-refractivity contribution in [1.29, 1.82) is 0 Å². The summed E-state index contributed by atoms with van der Waals surface area (Å²) in [5.74, 6) is 2.44. The van der Waals surface area contributed by atoms with Gasteiger partial charge in [-0.2, -0.15) is 0 Å². The van der Waals surface area contributed by atoms with E-state index < -0.39 is 0 Å². The van der Waals surface area contributed by atoms with Crippen LogP contribution in [0.15, 0.2) is 18.2 Å². The Kier molecular flexibility index (Phi) is 3.41. The first-order valence-corrected chi connectivity index (χ1v) is 7.01. The monoisotopic (exact) mass is 247 g/mol. The lowest BCUT2D eigenvalue weighted by Gasteiger charge is -2.19. The van der Waals surface area contributed by atoms with Gasteiger partial charge < -0.3 is 14.8 Å². The van der Waals surface area contributed by atoms with Gasteiger partial charge in [-0.15, -0.1) is 0 Å². The van der Waals surface area contributed by atoms with Crippen LogP contribution in [0.1, 0.15) is 37.7 Å². The van der Waals surface area contributed by atoms with E-state index >= 15 is 0 Å². The molecule has 2 aliphatic rings. The third-order valence-electron chi connectivity index (χ3n) is 3.99. The molecule has 0 radical (unpaired) electrons. The van der Waals surface area contributed by atoms with Gasteiger partial charge in [0.15, 0.2) is 11.5 Å². The second kappa shape index (κ2) is 5.19. The molecule has 3 nitrogen and oxygen atoms in total. The predicted molar refractivity (Wildman–Crippen MR) is 71.5 cm³/mol. The van der Waals surface area contributed by atoms with Crippen molar-refractivity contribution in [2.45, 2.75) is 38.1 Å². The van der Waals surface area contributed by atoms with E-state index in [0.717, 1.165) is 37.7 Å². The van der Waals surface area contributed by atoms with Crippen molar-refractivity contribution in [2.24, 2.45) is 0 Å². The van der Waals surface area contributed by atoms with Gasteiger partial charge in [0.25, 0.3) is 0 Å². The van der Waals surface area contributed by atoms with E-state index in [1.807, 2.05) is 0 Å². The molecule has 3 heteroatoms. The van der Waals surface area contributed by atoms with Gasteiger partial charge in [-0.3, -0.25) is 0 Å². The summed E-state index contributed by atoms with van der Waals surface area (Å²) < 4.78 is 11.5. The summed E-state index contributed by atoms with van der Waals surface area (Å²) in [6.07, 6.45) is 3.36. The number of hydrogen-bond acceptors (Lipinski definition) is 3. The van der Waals surface area contributed by atoms with Crippen LogP contribution in [0.2, 0.25) is 0 Å². The number of benzene rings is 1. The third kappa shape index (κ3) is 2.19. The van der Waals surface area contributed by atoms with Gasteiger partial charge >= 0.3 is 0 Å². The van der Waals surface area contributed by atoms with Crippen molar-refractivity contribution >= 4 is 0 Å². The normalized spacial score (nSPS) is 26.9. The lowest BCUT2D eigenvalue weighted by molar-refractivity contribution is 0.297. The fourth-order valence-electron chi connectivity index (χ4n) is 3.01. The van der Waals surface area contributed by atoms with Crippen LogP contribution in [-0.4, -0.2) is 25.8 Å². The van der Waals surface area contributed by atoms with Crippen molar-refractivity contribution in [3.05, 3.63) is 23.8 Å². The summed E-state index contributed by atoms with van der Waals surface area (Å²) in [4.78, 5) is 0. The van der Waals surface area contributed by atoms with Crippen LogP contribution in [0.5, 0.6) is 11.5 Å². The minimum absolute atomic E-state index is 0.606. The Morgan fingerprint density at radius 1 is 1.22 bits per heavy atom. The van der Waals surface area contributed by atoms with Gasteiger partial charge in [-0.25, -0.2) is 0 Å². The van der Waals surface area contributed by atoms with E-state index in [9.17, 15) is 0 Å². The zero-order valence-corrected chi connectivity index (χ0v) is 10.9. The molecule has 1 N–H and O–H groups in total. The van der Waals surface area contributed by atoms with Gasteiger partial charge in [0, 0.05) is 18.4 Å². The van der Waals surface area contributed by atoms with Gasteiger partial charge in [0.2, 0.25) is 0 Å². The Morgan fingerprint density at radius 3 is 2.89 bits per heavy atom. The Morgan fingerprint density at radius 2 is 2.06 bits per heavy atom. The van der Waals surface area contributed by atoms with Crippen molar-refractivity contribution < 1.29 is 9.47 Å². The highest BCUT2D eigenvalue weighted by Gasteiger charge is 2.27. The molecule has 0 bridgehead atoms. The molecular weight excluding hydrogens is 226 g/mol. The minimum Gasteiger partial charge on any atom is -0.490 e. The van der Waals surface area contributed by atoms with Gasteiger partial charge in [-0.1, -0.05) is 13.0 Å². The smallest absolute Gasteiger partial charge is 0.161 e. The average Bonchev–Trinajstić information content (AvgIpc) is 2.76. The van der Waals surface area contributed by atoms with E-state index in [-0.39, 0.29) is 0 Å². The molecule has 1 aromatic carbocycles. The summed E-state index contributed by atoms with van der Waals surface area (Å²) in [5, 5.41) is 3.58. The lowest BCUT2D eigenvalue weighted by Crippen LogP contribution is -2.24. The molecule has 0 saturated carbocycles. The van der Waals surface area contributed by atoms with Crippen molar-refractivity contribution in [1.82, 2.24) is 5.32 Å². The number of nitrogens with one attached hydrogen (secondary N) is 1. The van der Waals surface area contributed by atoms with Gasteiger partial charge in [0.05, 0.1) is 13.2 Å². The Bertz CT molecular complexity index is 419. The SMILES string of the molecule is CCC1NCCC1c1ccc2c(c1)OCCCO2. The quantitative estimate of drug-likeness (QED) is 0.871. The summed E-state index contributed by atoms with van der Waals surface area (Å²) >= 11 is 0. The second-order valence-electron chi connectivity index (χ2n) is 5.12. The number of hydrogen-bond donors (Lipinski definition) is 1. The fraction of sp³-hybridized carbons (Fsp3) is 0.600. The van der Waals surface area contributed by atoms with Crippen molar-refractivity contribution in [3.63, 3.8) is 0 Å². The molecule has 0 spiro atoms. The molecule has 2 unspecified atom stereocenters. The molecule has 1 aromatic rings. The molecule has 98 valence electrons. The Balaban J connectivity index is 1.87. The molecule has 2 aliphatic heterocycles. The molecular formula is C15H21NO2. The maximum atomic E-state index is 5.77. The Hall–Kier alpha value is -1.22. The zero-order valence-electron chi connectivity index (χ0n) is 10.9. The van der Waals surface area contributed by atoms with Crippen LogP contribution >= 0.6 is 0 Å². The highest BCUT2D eigenvalue weighted by molar-refractivity contribution is 5.45. The molecule has 2 atom stereocenters. The lowest BCUT2D eigenvalue weighted by atomic mass is 9.90. The molecule has 2 heterocycles. The van der Waals surface area contributed by atoms with E-state index in [2.05, 4.69) is 30.4 Å². The first kappa shape index (κ1) is 11.8. The standard InChI is InChI=1S/C15H21NO2/c1-2-13-12(6-7-16-13)11-4-5-14-15(10-11)18-9-3-8-17-14/h4-5,10,12-13,16H,2-3,6-9H2,1H3. The average molecular weight is 247 g/mol. The minimum atomic E-state index is 0.606. The van der Waals surface area contributed by atoms with E-state index in [0.29, 0.717) is 12.0 Å². The summed E-state index contributed by atoms with van der Waals surface area (Å²) in [7, 11) is 0. The van der Waals surface area contributed by atoms with Crippen LogP contribution < -0.4 is 14.8 Å². The van der Waals surface area contributed by atoms with Crippen LogP contribution in [0.3, 0.4) is 0 Å². The van der Waals surface area contributed by atoms with E-state index in [1.54, 1.807) is 0 Å². The molecule has 18 heavy (non-hydrogen) atoms. The van der Waals surface area contributed by atoms with Gasteiger partial charge in [0.1, 0.15) is 0 Å². The van der Waals surface area contributed by atoms with Crippen LogP contribution in [0.4, 0.5) is 0 Å². The maximum Gasteiger partial charge on any atom is 0.161 e. The number of rotatable bonds is 2. The van der Waals surface area contributed by atoms with Crippen LogP contribution in [0.25, 0.3) is 0 Å². The van der Waals surface area contributed by atoms with E-state index in [4.69, 9.17) is 9.47 Å². The Labute approximate surface area is 108 Å². The first-order valence-electron chi connectivity index (χ1n) is 7.01. The second-order valence-corrected chi connectivity index (χ2v) is 5.12. The molecule has 0 aromatic heterocycles. The third-order valence-corrected chi connectivity index (χ3v) is 3.99. The van der Waals surface area contributed by atoms with Gasteiger partial charge in [-0.05, 0) is 37.1 Å². The maximum absolute atomic E-state index is 5.77. The van der Waals surface area contributed by atoms with Crippen molar-refractivity contribution in [3.8, 4) is 11.5 Å². The summed E-state index contributed by atoms with van der Waals surface area (Å²) in [6.45, 7) is 4.89. The largest absolute Gasteiger partial charge is 0.490 e. The highest BCUT2D eigenvalue weighted by atomic mass is 16.5. The molecule has 3 rings (SSSR count). The zero-order chi connectivity index (χ0) is 12.4. The summed E-state index contributed by atoms with van der Waals surface area (Å²) in [5.41, 5.74) is 1.39. The summed E-state index contributed by atoms with van der Waals surface area (Å²) in [6, 6.07) is 7.06. The number of ether oxygens (including phenoxy) is 2. The molecule has 1 saturated heterocycles. The number of fused-ring (bicyclic) bond motifs is 1.